The Morgan fingerprint density at radius 2 is 2.24 bits per heavy atom. The van der Waals surface area contributed by atoms with E-state index in [4.69, 9.17) is 7.85 Å². The normalized spacial score (nSPS) is 14.5. The van der Waals surface area contributed by atoms with Crippen LogP contribution >= 0.6 is 0 Å². The van der Waals surface area contributed by atoms with Gasteiger partial charge in [0.2, 0.25) is 0 Å². The van der Waals surface area contributed by atoms with Crippen LogP contribution in [0.4, 0.5) is 5.69 Å². The van der Waals surface area contributed by atoms with Gasteiger partial charge in [0.15, 0.2) is 5.82 Å². The molecule has 0 saturated heterocycles. The molecule has 0 bridgehead atoms. The van der Waals surface area contributed by atoms with Gasteiger partial charge in [0.05, 0.1) is 6.54 Å². The van der Waals surface area contributed by atoms with Crippen molar-refractivity contribution in [1.82, 2.24) is 24.6 Å². The Bertz CT molecular complexity index is 795. The van der Waals surface area contributed by atoms with E-state index < -0.39 is 0 Å². The zero-order chi connectivity index (χ0) is 14.2. The van der Waals surface area contributed by atoms with Crippen molar-refractivity contribution in [2.45, 2.75) is 25.3 Å². The number of nitrogens with zero attached hydrogens (tertiary/aromatic N) is 5. The number of aromatic nitrogens is 5. The van der Waals surface area contributed by atoms with Gasteiger partial charge in [-0.15, -0.1) is 5.10 Å². The van der Waals surface area contributed by atoms with Crippen molar-refractivity contribution in [2.75, 3.05) is 5.32 Å². The summed E-state index contributed by atoms with van der Waals surface area (Å²) >= 11 is 0. The fraction of sp³-hybridized carbons (Fsp3) is 0.286. The highest BCUT2D eigenvalue weighted by Crippen LogP contribution is 2.39. The molecule has 3 heterocycles. The highest BCUT2D eigenvalue weighted by molar-refractivity contribution is 6.30. The molecule has 1 aliphatic carbocycles. The van der Waals surface area contributed by atoms with Gasteiger partial charge in [-0.05, 0) is 42.0 Å². The van der Waals surface area contributed by atoms with E-state index in [1.165, 1.54) is 18.4 Å². The average molecular weight is 276 g/mol. The third kappa shape index (κ3) is 2.59. The summed E-state index contributed by atoms with van der Waals surface area (Å²) in [6.07, 6.45) is 8.10. The number of nitrogens with one attached hydrogen (secondary N) is 1. The highest BCUT2D eigenvalue weighted by atomic mass is 15.3. The number of pyridine rings is 1. The topological polar surface area (TPSA) is 68.0 Å². The van der Waals surface area contributed by atoms with Crippen molar-refractivity contribution in [3.8, 4) is 0 Å². The second-order valence-electron chi connectivity index (χ2n) is 5.26. The first-order valence-electron chi connectivity index (χ1n) is 6.94. The van der Waals surface area contributed by atoms with Crippen molar-refractivity contribution in [3.63, 3.8) is 0 Å². The number of rotatable bonds is 4. The summed E-state index contributed by atoms with van der Waals surface area (Å²) in [5.74, 6) is 1.99. The maximum atomic E-state index is 5.64. The first-order valence-corrected chi connectivity index (χ1v) is 6.94. The first-order chi connectivity index (χ1) is 10.3. The summed E-state index contributed by atoms with van der Waals surface area (Å²) in [4.78, 5) is 12.7. The Morgan fingerprint density at radius 3 is 3.05 bits per heavy atom. The average Bonchev–Trinajstić information content (AvgIpc) is 3.25. The van der Waals surface area contributed by atoms with E-state index in [-0.39, 0.29) is 0 Å². The maximum absolute atomic E-state index is 5.64. The van der Waals surface area contributed by atoms with Crippen molar-refractivity contribution in [1.29, 1.82) is 0 Å². The molecule has 1 saturated carbocycles. The van der Waals surface area contributed by atoms with Crippen LogP contribution in [0, 0.1) is 0 Å². The molecule has 0 spiro atoms. The molecule has 3 aromatic heterocycles. The molecule has 6 nitrogen and oxygen atoms in total. The van der Waals surface area contributed by atoms with E-state index >= 15 is 0 Å². The third-order valence-electron chi connectivity index (χ3n) is 3.54. The summed E-state index contributed by atoms with van der Waals surface area (Å²) < 4.78 is 1.76. The molecule has 1 N–H and O–H groups in total. The van der Waals surface area contributed by atoms with E-state index in [0.717, 1.165) is 5.69 Å². The molecule has 21 heavy (non-hydrogen) atoms. The smallest absolute Gasteiger partial charge is 0.252 e. The van der Waals surface area contributed by atoms with Gasteiger partial charge in [-0.2, -0.15) is 4.98 Å². The summed E-state index contributed by atoms with van der Waals surface area (Å²) in [7, 11) is 5.64. The van der Waals surface area contributed by atoms with Crippen molar-refractivity contribution in [2.24, 2.45) is 0 Å². The van der Waals surface area contributed by atoms with Crippen LogP contribution < -0.4 is 10.9 Å². The number of fused-ring (bicyclic) bond motifs is 1. The molecule has 0 aromatic carbocycles. The number of hydrogen-bond acceptors (Lipinski definition) is 5. The Labute approximate surface area is 123 Å². The monoisotopic (exact) mass is 276 g/mol. The Kier molecular flexibility index (Phi) is 2.84. The molecular formula is C14H13BN6. The van der Waals surface area contributed by atoms with Crippen LogP contribution in [0.5, 0.6) is 0 Å². The Balaban J connectivity index is 1.53. The fourth-order valence-corrected chi connectivity index (χ4v) is 2.28. The fourth-order valence-electron chi connectivity index (χ4n) is 2.28. The molecule has 0 aliphatic heterocycles. The van der Waals surface area contributed by atoms with Gasteiger partial charge in [-0.1, -0.05) is 0 Å². The minimum atomic E-state index is 0.485. The van der Waals surface area contributed by atoms with E-state index in [0.29, 0.717) is 29.7 Å². The van der Waals surface area contributed by atoms with E-state index in [9.17, 15) is 0 Å². The second kappa shape index (κ2) is 4.84. The molecule has 0 unspecified atom stereocenters. The van der Waals surface area contributed by atoms with Crippen LogP contribution in [0.2, 0.25) is 0 Å². The minimum absolute atomic E-state index is 0.485. The molecule has 4 rings (SSSR count). The molecule has 2 radical (unpaired) electrons. The Morgan fingerprint density at radius 1 is 1.33 bits per heavy atom. The van der Waals surface area contributed by atoms with Crippen LogP contribution in [0.3, 0.4) is 0 Å². The lowest BCUT2D eigenvalue weighted by atomic mass is 10.0. The van der Waals surface area contributed by atoms with Gasteiger partial charge >= 0.3 is 0 Å². The van der Waals surface area contributed by atoms with E-state index in [1.54, 1.807) is 16.8 Å². The molecule has 0 atom stereocenters. The molecule has 0 amide bonds. The van der Waals surface area contributed by atoms with Gasteiger partial charge in [0.1, 0.15) is 7.85 Å². The lowest BCUT2D eigenvalue weighted by molar-refractivity contribution is 0.868. The summed E-state index contributed by atoms with van der Waals surface area (Å²) in [5.41, 5.74) is 2.63. The van der Waals surface area contributed by atoms with Crippen LogP contribution in [0.25, 0.3) is 5.78 Å². The summed E-state index contributed by atoms with van der Waals surface area (Å²) in [5, 5.41) is 7.68. The van der Waals surface area contributed by atoms with Crippen LogP contribution in [0.1, 0.15) is 30.1 Å². The maximum Gasteiger partial charge on any atom is 0.252 e. The zero-order valence-corrected chi connectivity index (χ0v) is 11.4. The van der Waals surface area contributed by atoms with Gasteiger partial charge in [0.25, 0.3) is 5.78 Å². The predicted molar refractivity (Wildman–Crippen MR) is 79.7 cm³/mol. The largest absolute Gasteiger partial charge is 0.378 e. The summed E-state index contributed by atoms with van der Waals surface area (Å²) in [6.45, 7) is 0.519. The van der Waals surface area contributed by atoms with Crippen molar-refractivity contribution >= 4 is 24.9 Å². The van der Waals surface area contributed by atoms with E-state index in [2.05, 4.69) is 25.4 Å². The van der Waals surface area contributed by atoms with Crippen molar-refractivity contribution in [3.05, 3.63) is 42.1 Å². The van der Waals surface area contributed by atoms with Crippen LogP contribution in [-0.2, 0) is 6.54 Å². The highest BCUT2D eigenvalue weighted by Gasteiger charge is 2.24. The standard InChI is InChI=1S/C14H13BN6/c15-12-5-11(3-4-16-12)17-7-13-19-14-18-6-10(9-1-2-9)8-21(14)20-13/h3-6,8-9H,1-2,7H2,(H,16,17). The van der Waals surface area contributed by atoms with Crippen molar-refractivity contribution < 1.29 is 0 Å². The number of hydrogen-bond donors (Lipinski definition) is 1. The molecule has 3 aromatic rings. The predicted octanol–water partition coefficient (Wildman–Crippen LogP) is 0.803. The Hall–Kier alpha value is -2.44. The third-order valence-corrected chi connectivity index (χ3v) is 3.54. The van der Waals surface area contributed by atoms with Crippen LogP contribution in [0.15, 0.2) is 30.7 Å². The molecule has 1 fully saturated rings. The molecular weight excluding hydrogens is 263 g/mol. The van der Waals surface area contributed by atoms with Gasteiger partial charge in [-0.3, -0.25) is 4.98 Å². The SMILES string of the molecule is [B]c1cc(NCc2nc3ncc(C4CC4)cn3n2)ccn1. The van der Waals surface area contributed by atoms with Gasteiger partial charge < -0.3 is 5.32 Å². The zero-order valence-electron chi connectivity index (χ0n) is 11.4. The minimum Gasteiger partial charge on any atom is -0.378 e. The molecule has 1 aliphatic rings. The summed E-state index contributed by atoms with van der Waals surface area (Å²) in [6, 6.07) is 3.63. The molecule has 7 heteroatoms. The second-order valence-corrected chi connectivity index (χ2v) is 5.26. The lowest BCUT2D eigenvalue weighted by Gasteiger charge is -2.03. The van der Waals surface area contributed by atoms with Gasteiger partial charge in [0, 0.05) is 24.3 Å². The molecule has 102 valence electrons. The van der Waals surface area contributed by atoms with E-state index in [1.807, 2.05) is 18.5 Å². The first kappa shape index (κ1) is 12.3. The lowest BCUT2D eigenvalue weighted by Crippen LogP contribution is -2.09. The number of anilines is 1. The van der Waals surface area contributed by atoms with Crippen LogP contribution in [-0.4, -0.2) is 32.4 Å². The van der Waals surface area contributed by atoms with Gasteiger partial charge in [-0.25, -0.2) is 9.50 Å². The quantitative estimate of drug-likeness (QED) is 0.714.